The lowest BCUT2D eigenvalue weighted by atomic mass is 10.0. The highest BCUT2D eigenvalue weighted by molar-refractivity contribution is 5.78. The van der Waals surface area contributed by atoms with Crippen molar-refractivity contribution in [3.05, 3.63) is 70.4 Å². The number of imidazole rings is 1. The summed E-state index contributed by atoms with van der Waals surface area (Å²) in [4.78, 5) is 27.7. The molecule has 3 aromatic rings. The molecular weight excluding hydrogens is 411 g/mol. The van der Waals surface area contributed by atoms with Gasteiger partial charge in [-0.25, -0.2) is 9.18 Å². The second-order valence-corrected chi connectivity index (χ2v) is 7.94. The van der Waals surface area contributed by atoms with E-state index in [1.165, 1.54) is 12.1 Å². The Hall–Kier alpha value is -2.97. The van der Waals surface area contributed by atoms with Crippen molar-refractivity contribution >= 4 is 16.9 Å². The molecule has 0 radical (unpaired) electrons. The SMILES string of the molecule is CCn1c(=O)n(CCC(=O)NC[C@H](c2ccc(F)cc2)N2CCOCC2)c2ccccc21. The van der Waals surface area contributed by atoms with Gasteiger partial charge in [0, 0.05) is 39.1 Å². The van der Waals surface area contributed by atoms with Crippen LogP contribution in [0.3, 0.4) is 0 Å². The molecule has 1 N–H and O–H groups in total. The fraction of sp³-hybridized carbons (Fsp3) is 0.417. The van der Waals surface area contributed by atoms with E-state index in [2.05, 4.69) is 10.2 Å². The van der Waals surface area contributed by atoms with Gasteiger partial charge in [0.15, 0.2) is 0 Å². The lowest BCUT2D eigenvalue weighted by molar-refractivity contribution is -0.121. The Morgan fingerprint density at radius 2 is 1.72 bits per heavy atom. The summed E-state index contributed by atoms with van der Waals surface area (Å²) in [7, 11) is 0. The van der Waals surface area contributed by atoms with Gasteiger partial charge in [-0.3, -0.25) is 18.8 Å². The number of amides is 1. The summed E-state index contributed by atoms with van der Waals surface area (Å²) in [5.41, 5.74) is 2.57. The number of halogens is 1. The minimum atomic E-state index is -0.282. The predicted molar refractivity (Wildman–Crippen MR) is 121 cm³/mol. The summed E-state index contributed by atoms with van der Waals surface area (Å²) in [6.07, 6.45) is 0.205. The van der Waals surface area contributed by atoms with Gasteiger partial charge in [-0.1, -0.05) is 24.3 Å². The molecule has 4 rings (SSSR count). The summed E-state index contributed by atoms with van der Waals surface area (Å²) in [5.74, 6) is -0.402. The molecule has 2 heterocycles. The summed E-state index contributed by atoms with van der Waals surface area (Å²) < 4.78 is 22.2. The van der Waals surface area contributed by atoms with Crippen molar-refractivity contribution in [3.8, 4) is 0 Å². The third-order valence-corrected chi connectivity index (χ3v) is 6.04. The van der Waals surface area contributed by atoms with E-state index in [0.29, 0.717) is 32.8 Å². The van der Waals surface area contributed by atoms with E-state index in [0.717, 1.165) is 29.7 Å². The van der Waals surface area contributed by atoms with Crippen LogP contribution in [0.15, 0.2) is 53.3 Å². The van der Waals surface area contributed by atoms with E-state index < -0.39 is 0 Å². The van der Waals surface area contributed by atoms with Gasteiger partial charge in [-0.15, -0.1) is 0 Å². The van der Waals surface area contributed by atoms with Crippen molar-refractivity contribution in [3.63, 3.8) is 0 Å². The quantitative estimate of drug-likeness (QED) is 0.585. The lowest BCUT2D eigenvalue weighted by Gasteiger charge is -2.35. The topological polar surface area (TPSA) is 68.5 Å². The molecule has 170 valence electrons. The predicted octanol–water partition coefficient (Wildman–Crippen LogP) is 2.54. The zero-order valence-corrected chi connectivity index (χ0v) is 18.3. The van der Waals surface area contributed by atoms with E-state index in [1.54, 1.807) is 21.3 Å². The second-order valence-electron chi connectivity index (χ2n) is 7.94. The van der Waals surface area contributed by atoms with Crippen LogP contribution in [0.5, 0.6) is 0 Å². The van der Waals surface area contributed by atoms with Crippen LogP contribution >= 0.6 is 0 Å². The van der Waals surface area contributed by atoms with Gasteiger partial charge in [0.2, 0.25) is 5.91 Å². The Bertz CT molecular complexity index is 1120. The van der Waals surface area contributed by atoms with E-state index in [9.17, 15) is 14.0 Å². The minimum Gasteiger partial charge on any atom is -0.379 e. The Morgan fingerprint density at radius 1 is 1.06 bits per heavy atom. The van der Waals surface area contributed by atoms with Crippen LogP contribution in [-0.2, 0) is 22.6 Å². The smallest absolute Gasteiger partial charge is 0.329 e. The van der Waals surface area contributed by atoms with Crippen LogP contribution < -0.4 is 11.0 Å². The molecule has 8 heteroatoms. The molecule has 1 aliphatic heterocycles. The molecule has 1 fully saturated rings. The van der Waals surface area contributed by atoms with E-state index >= 15 is 0 Å². The van der Waals surface area contributed by atoms with Gasteiger partial charge in [0.25, 0.3) is 0 Å². The standard InChI is InChI=1S/C24H29FN4O3/c1-2-28-20-5-3-4-6-21(20)29(24(28)31)12-11-23(30)26-17-22(27-13-15-32-16-14-27)18-7-9-19(25)10-8-18/h3-10,22H,2,11-17H2,1H3,(H,26,30)/t22-/m1/s1. The number of hydrogen-bond acceptors (Lipinski definition) is 4. The first-order valence-corrected chi connectivity index (χ1v) is 11.1. The summed E-state index contributed by atoms with van der Waals surface area (Å²) in [6.45, 7) is 6.02. The van der Waals surface area contributed by atoms with E-state index in [-0.39, 0.29) is 29.9 Å². The van der Waals surface area contributed by atoms with Crippen LogP contribution in [-0.4, -0.2) is 52.8 Å². The van der Waals surface area contributed by atoms with E-state index in [1.807, 2.05) is 31.2 Å². The number of nitrogens with one attached hydrogen (secondary N) is 1. The first-order valence-electron chi connectivity index (χ1n) is 11.1. The highest BCUT2D eigenvalue weighted by Crippen LogP contribution is 2.22. The highest BCUT2D eigenvalue weighted by Gasteiger charge is 2.23. The van der Waals surface area contributed by atoms with Crippen molar-refractivity contribution in [1.82, 2.24) is 19.4 Å². The molecule has 0 unspecified atom stereocenters. The zero-order chi connectivity index (χ0) is 22.5. The van der Waals surface area contributed by atoms with Gasteiger partial charge >= 0.3 is 5.69 Å². The van der Waals surface area contributed by atoms with Gasteiger partial charge in [0.1, 0.15) is 5.82 Å². The molecule has 1 saturated heterocycles. The highest BCUT2D eigenvalue weighted by atomic mass is 19.1. The van der Waals surface area contributed by atoms with Crippen molar-refractivity contribution < 1.29 is 13.9 Å². The molecule has 2 aromatic carbocycles. The number of aromatic nitrogens is 2. The number of fused-ring (bicyclic) bond motifs is 1. The molecule has 1 aromatic heterocycles. The minimum absolute atomic E-state index is 0.0619. The first kappa shape index (κ1) is 22.2. The van der Waals surface area contributed by atoms with Crippen molar-refractivity contribution in [1.29, 1.82) is 0 Å². The summed E-state index contributed by atoms with van der Waals surface area (Å²) >= 11 is 0. The van der Waals surface area contributed by atoms with Gasteiger partial charge < -0.3 is 10.1 Å². The Kier molecular flexibility index (Phi) is 7.02. The number of carbonyl (C=O) groups is 1. The van der Waals surface area contributed by atoms with Crippen molar-refractivity contribution in [2.24, 2.45) is 0 Å². The molecular formula is C24H29FN4O3. The summed E-state index contributed by atoms with van der Waals surface area (Å²) in [5, 5.41) is 3.01. The zero-order valence-electron chi connectivity index (χ0n) is 18.3. The maximum atomic E-state index is 13.4. The number of morpholine rings is 1. The number of para-hydroxylation sites is 2. The Balaban J connectivity index is 1.43. The van der Waals surface area contributed by atoms with Crippen LogP contribution in [0.25, 0.3) is 11.0 Å². The van der Waals surface area contributed by atoms with Crippen LogP contribution in [0, 0.1) is 5.82 Å². The first-order chi connectivity index (χ1) is 15.6. The maximum Gasteiger partial charge on any atom is 0.329 e. The Labute approximate surface area is 186 Å². The number of nitrogens with zero attached hydrogens (tertiary/aromatic N) is 3. The molecule has 7 nitrogen and oxygen atoms in total. The number of aryl methyl sites for hydroxylation is 2. The lowest BCUT2D eigenvalue weighted by Crippen LogP contribution is -2.44. The maximum absolute atomic E-state index is 13.4. The molecule has 1 aliphatic rings. The van der Waals surface area contributed by atoms with Gasteiger partial charge in [-0.2, -0.15) is 0 Å². The average molecular weight is 441 g/mol. The fourth-order valence-electron chi connectivity index (χ4n) is 4.34. The molecule has 0 saturated carbocycles. The molecule has 1 atom stereocenters. The normalized spacial score (nSPS) is 15.7. The van der Waals surface area contributed by atoms with Crippen LogP contribution in [0.4, 0.5) is 4.39 Å². The number of rotatable bonds is 8. The number of carbonyl (C=O) groups excluding carboxylic acids is 1. The molecule has 1 amide bonds. The third kappa shape index (κ3) is 4.76. The molecule has 0 bridgehead atoms. The molecule has 0 spiro atoms. The molecule has 32 heavy (non-hydrogen) atoms. The van der Waals surface area contributed by atoms with Crippen LogP contribution in [0.1, 0.15) is 24.9 Å². The van der Waals surface area contributed by atoms with Gasteiger partial charge in [0.05, 0.1) is 30.3 Å². The van der Waals surface area contributed by atoms with Crippen molar-refractivity contribution in [2.45, 2.75) is 32.5 Å². The van der Waals surface area contributed by atoms with Crippen molar-refractivity contribution in [2.75, 3.05) is 32.8 Å². The van der Waals surface area contributed by atoms with E-state index in [4.69, 9.17) is 4.74 Å². The Morgan fingerprint density at radius 3 is 2.38 bits per heavy atom. The monoisotopic (exact) mass is 440 g/mol. The number of hydrogen-bond donors (Lipinski definition) is 1. The molecule has 0 aliphatic carbocycles. The van der Waals surface area contributed by atoms with Gasteiger partial charge in [-0.05, 0) is 36.8 Å². The second kappa shape index (κ2) is 10.1. The fourth-order valence-corrected chi connectivity index (χ4v) is 4.34. The number of ether oxygens (including phenoxy) is 1. The third-order valence-electron chi connectivity index (χ3n) is 6.04. The van der Waals surface area contributed by atoms with Crippen LogP contribution in [0.2, 0.25) is 0 Å². The average Bonchev–Trinajstić information content (AvgIpc) is 3.10. The largest absolute Gasteiger partial charge is 0.379 e. The number of benzene rings is 2. The summed E-state index contributed by atoms with van der Waals surface area (Å²) in [6, 6.07) is 14.0.